The van der Waals surface area contributed by atoms with Crippen LogP contribution >= 0.6 is 0 Å². The Morgan fingerprint density at radius 1 is 1.24 bits per heavy atom. The number of nitrogens with zero attached hydrogens (tertiary/aromatic N) is 2. The van der Waals surface area contributed by atoms with E-state index in [1.807, 2.05) is 12.4 Å². The number of nitrogens with one attached hydrogen (secondary N) is 1. The Morgan fingerprint density at radius 2 is 2.14 bits per heavy atom. The van der Waals surface area contributed by atoms with Crippen molar-refractivity contribution in [2.24, 2.45) is 0 Å². The van der Waals surface area contributed by atoms with Crippen LogP contribution in [0.4, 0.5) is 0 Å². The number of pyridine rings is 1. The van der Waals surface area contributed by atoms with Gasteiger partial charge in [0.2, 0.25) is 0 Å². The number of fused-ring (bicyclic) bond motifs is 1. The second kappa shape index (κ2) is 5.39. The number of hydrogen-bond donors (Lipinski definition) is 1. The number of likely N-dealkylation sites (tertiary alicyclic amines) is 1. The van der Waals surface area contributed by atoms with E-state index in [9.17, 15) is 0 Å². The Labute approximate surface area is 126 Å². The summed E-state index contributed by atoms with van der Waals surface area (Å²) in [6, 6.07) is 10.6. The van der Waals surface area contributed by atoms with Crippen molar-refractivity contribution in [3.63, 3.8) is 0 Å². The fraction of sp³-hybridized carbons (Fsp3) is 0.500. The minimum absolute atomic E-state index is 0.389. The van der Waals surface area contributed by atoms with Gasteiger partial charge in [-0.1, -0.05) is 18.2 Å². The highest BCUT2D eigenvalue weighted by molar-refractivity contribution is 5.85. The predicted molar refractivity (Wildman–Crippen MR) is 86.3 cm³/mol. The molecule has 1 saturated carbocycles. The van der Waals surface area contributed by atoms with Crippen molar-refractivity contribution < 1.29 is 0 Å². The Kier molecular flexibility index (Phi) is 3.40. The van der Waals surface area contributed by atoms with Crippen LogP contribution in [0.3, 0.4) is 0 Å². The standard InChI is InChI=1S/C18H23N3/c1-13(20-15-8-10-21(12-15)16-5-6-16)17-4-2-3-14-11-19-9-7-18(14)17/h2-4,7,9,11,13,15-16,20H,5-6,8,10,12H2,1H3/t13-,15?/m0/s1. The van der Waals surface area contributed by atoms with E-state index in [0.29, 0.717) is 12.1 Å². The summed E-state index contributed by atoms with van der Waals surface area (Å²) in [6.45, 7) is 4.78. The lowest BCUT2D eigenvalue weighted by Gasteiger charge is -2.22. The second-order valence-electron chi connectivity index (χ2n) is 6.54. The fourth-order valence-electron chi connectivity index (χ4n) is 3.66. The molecule has 2 heterocycles. The van der Waals surface area contributed by atoms with E-state index in [0.717, 1.165) is 6.04 Å². The monoisotopic (exact) mass is 281 g/mol. The van der Waals surface area contributed by atoms with Crippen molar-refractivity contribution in [1.29, 1.82) is 0 Å². The van der Waals surface area contributed by atoms with E-state index in [1.54, 1.807) is 0 Å². The highest BCUT2D eigenvalue weighted by Crippen LogP contribution is 2.31. The van der Waals surface area contributed by atoms with Gasteiger partial charge in [-0.3, -0.25) is 9.88 Å². The van der Waals surface area contributed by atoms with Crippen molar-refractivity contribution in [2.75, 3.05) is 13.1 Å². The van der Waals surface area contributed by atoms with E-state index in [4.69, 9.17) is 0 Å². The maximum atomic E-state index is 4.23. The molecule has 3 heteroatoms. The topological polar surface area (TPSA) is 28.2 Å². The third-order valence-electron chi connectivity index (χ3n) is 4.95. The molecule has 4 rings (SSSR count). The normalized spacial score (nSPS) is 24.5. The van der Waals surface area contributed by atoms with E-state index in [2.05, 4.69) is 46.4 Å². The molecule has 0 spiro atoms. The molecule has 1 aromatic heterocycles. The van der Waals surface area contributed by atoms with Gasteiger partial charge >= 0.3 is 0 Å². The van der Waals surface area contributed by atoms with Crippen LogP contribution in [-0.4, -0.2) is 35.1 Å². The summed E-state index contributed by atoms with van der Waals surface area (Å²) >= 11 is 0. The molecule has 0 amide bonds. The first-order valence-electron chi connectivity index (χ1n) is 8.14. The van der Waals surface area contributed by atoms with Crippen LogP contribution in [0, 0.1) is 0 Å². The number of benzene rings is 1. The van der Waals surface area contributed by atoms with Crippen molar-refractivity contribution >= 4 is 10.8 Å². The van der Waals surface area contributed by atoms with Gasteiger partial charge in [-0.15, -0.1) is 0 Å². The van der Waals surface area contributed by atoms with Crippen LogP contribution in [-0.2, 0) is 0 Å². The Hall–Kier alpha value is -1.45. The lowest BCUT2D eigenvalue weighted by atomic mass is 10.0. The molecule has 2 atom stereocenters. The first kappa shape index (κ1) is 13.2. The van der Waals surface area contributed by atoms with Crippen molar-refractivity contribution in [3.05, 3.63) is 42.2 Å². The molecule has 1 aromatic carbocycles. The van der Waals surface area contributed by atoms with E-state index < -0.39 is 0 Å². The molecule has 2 fully saturated rings. The average Bonchev–Trinajstić information content (AvgIpc) is 3.27. The maximum absolute atomic E-state index is 4.23. The molecule has 2 aromatic rings. The highest BCUT2D eigenvalue weighted by atomic mass is 15.2. The molecular formula is C18H23N3. The van der Waals surface area contributed by atoms with Crippen LogP contribution in [0.15, 0.2) is 36.7 Å². The van der Waals surface area contributed by atoms with Crippen molar-refractivity contribution in [2.45, 2.75) is 44.3 Å². The van der Waals surface area contributed by atoms with Gasteiger partial charge in [0.1, 0.15) is 0 Å². The van der Waals surface area contributed by atoms with Gasteiger partial charge in [0.05, 0.1) is 0 Å². The largest absolute Gasteiger partial charge is 0.306 e. The summed E-state index contributed by atoms with van der Waals surface area (Å²) in [6.07, 6.45) is 7.96. The first-order chi connectivity index (χ1) is 10.3. The van der Waals surface area contributed by atoms with Crippen molar-refractivity contribution in [1.82, 2.24) is 15.2 Å². The SMILES string of the molecule is C[C@H](NC1CCN(C2CC2)C1)c1cccc2cnccc12. The van der Waals surface area contributed by atoms with Gasteiger partial charge in [-0.2, -0.15) is 0 Å². The van der Waals surface area contributed by atoms with Gasteiger partial charge in [0.15, 0.2) is 0 Å². The molecule has 1 saturated heterocycles. The third kappa shape index (κ3) is 2.68. The zero-order valence-electron chi connectivity index (χ0n) is 12.6. The van der Waals surface area contributed by atoms with E-state index in [1.165, 1.54) is 48.7 Å². The molecule has 0 radical (unpaired) electrons. The van der Waals surface area contributed by atoms with Crippen LogP contribution < -0.4 is 5.32 Å². The second-order valence-corrected chi connectivity index (χ2v) is 6.54. The Bertz CT molecular complexity index is 630. The number of rotatable bonds is 4. The van der Waals surface area contributed by atoms with E-state index in [-0.39, 0.29) is 0 Å². The molecule has 1 N–H and O–H groups in total. The van der Waals surface area contributed by atoms with Crippen LogP contribution in [0.1, 0.15) is 37.8 Å². The van der Waals surface area contributed by atoms with Gasteiger partial charge in [0, 0.05) is 49.0 Å². The third-order valence-corrected chi connectivity index (χ3v) is 4.95. The fourth-order valence-corrected chi connectivity index (χ4v) is 3.66. The summed E-state index contributed by atoms with van der Waals surface area (Å²) in [4.78, 5) is 6.89. The average molecular weight is 281 g/mol. The summed E-state index contributed by atoms with van der Waals surface area (Å²) in [5, 5.41) is 6.39. The Balaban J connectivity index is 1.50. The van der Waals surface area contributed by atoms with Crippen LogP contribution in [0.25, 0.3) is 10.8 Å². The lowest BCUT2D eigenvalue weighted by Crippen LogP contribution is -2.35. The molecule has 0 bridgehead atoms. The van der Waals surface area contributed by atoms with Gasteiger partial charge in [0.25, 0.3) is 0 Å². The predicted octanol–water partition coefficient (Wildman–Crippen LogP) is 3.12. The molecule has 110 valence electrons. The minimum atomic E-state index is 0.389. The van der Waals surface area contributed by atoms with Gasteiger partial charge < -0.3 is 5.32 Å². The molecule has 1 aliphatic heterocycles. The molecule has 3 nitrogen and oxygen atoms in total. The van der Waals surface area contributed by atoms with Gasteiger partial charge in [-0.05, 0) is 43.2 Å². The first-order valence-corrected chi connectivity index (χ1v) is 8.14. The molecule has 2 aliphatic rings. The summed E-state index contributed by atoms with van der Waals surface area (Å²) in [5.74, 6) is 0. The smallest absolute Gasteiger partial charge is 0.0346 e. The molecule has 1 unspecified atom stereocenters. The number of hydrogen-bond acceptors (Lipinski definition) is 3. The van der Waals surface area contributed by atoms with Crippen molar-refractivity contribution in [3.8, 4) is 0 Å². The zero-order valence-corrected chi connectivity index (χ0v) is 12.6. The van der Waals surface area contributed by atoms with Crippen LogP contribution in [0.2, 0.25) is 0 Å². The summed E-state index contributed by atoms with van der Waals surface area (Å²) < 4.78 is 0. The van der Waals surface area contributed by atoms with Gasteiger partial charge in [-0.25, -0.2) is 0 Å². The Morgan fingerprint density at radius 3 is 3.00 bits per heavy atom. The minimum Gasteiger partial charge on any atom is -0.306 e. The molecular weight excluding hydrogens is 258 g/mol. The number of aromatic nitrogens is 1. The summed E-state index contributed by atoms with van der Waals surface area (Å²) in [5.41, 5.74) is 1.39. The lowest BCUT2D eigenvalue weighted by molar-refractivity contribution is 0.314. The quantitative estimate of drug-likeness (QED) is 0.933. The van der Waals surface area contributed by atoms with Crippen LogP contribution in [0.5, 0.6) is 0 Å². The van der Waals surface area contributed by atoms with E-state index >= 15 is 0 Å². The summed E-state index contributed by atoms with van der Waals surface area (Å²) in [7, 11) is 0. The highest BCUT2D eigenvalue weighted by Gasteiger charge is 2.34. The molecule has 21 heavy (non-hydrogen) atoms. The molecule has 1 aliphatic carbocycles. The maximum Gasteiger partial charge on any atom is 0.0346 e. The zero-order chi connectivity index (χ0) is 14.2.